The molecule has 0 radical (unpaired) electrons. The summed E-state index contributed by atoms with van der Waals surface area (Å²) < 4.78 is 18.5. The number of benzene rings is 2. The quantitative estimate of drug-likeness (QED) is 0.345. The Hall–Kier alpha value is -3.91. The summed E-state index contributed by atoms with van der Waals surface area (Å²) in [4.78, 5) is 31.8. The fourth-order valence-electron chi connectivity index (χ4n) is 4.05. The molecule has 0 bridgehead atoms. The molecule has 1 unspecified atom stereocenters. The Kier molecular flexibility index (Phi) is 7.55. The number of aromatic nitrogens is 1. The second-order valence-corrected chi connectivity index (χ2v) is 9.23. The number of nitrogens with zero attached hydrogens (tertiary/aromatic N) is 2. The Morgan fingerprint density at radius 3 is 2.58 bits per heavy atom. The van der Waals surface area contributed by atoms with Crippen molar-refractivity contribution in [3.8, 4) is 11.5 Å². The van der Waals surface area contributed by atoms with Gasteiger partial charge in [0.15, 0.2) is 16.3 Å². The molecule has 1 aliphatic rings. The van der Waals surface area contributed by atoms with E-state index < -0.39 is 12.0 Å². The molecule has 8 heteroatoms. The number of allylic oxidation sites excluding steroid dienone is 1. The van der Waals surface area contributed by atoms with Gasteiger partial charge in [-0.2, -0.15) is 0 Å². The highest BCUT2D eigenvalue weighted by Gasteiger charge is 2.33. The number of hydrogen-bond donors (Lipinski definition) is 0. The van der Waals surface area contributed by atoms with Gasteiger partial charge in [0.25, 0.3) is 5.56 Å². The number of fused-ring (bicyclic) bond motifs is 1. The summed E-state index contributed by atoms with van der Waals surface area (Å²) in [6, 6.07) is 12.6. The molecular weight excluding hydrogens is 476 g/mol. The van der Waals surface area contributed by atoms with Gasteiger partial charge in [0.1, 0.15) is 6.61 Å². The van der Waals surface area contributed by atoms with Crippen LogP contribution in [-0.2, 0) is 9.53 Å². The molecule has 0 spiro atoms. The molecule has 4 rings (SSSR count). The minimum absolute atomic E-state index is 0.231. The fraction of sp³-hybridized carbons (Fsp3) is 0.250. The highest BCUT2D eigenvalue weighted by Crippen LogP contribution is 2.31. The van der Waals surface area contributed by atoms with E-state index in [1.54, 1.807) is 43.7 Å². The van der Waals surface area contributed by atoms with Crippen molar-refractivity contribution < 1.29 is 19.0 Å². The maximum atomic E-state index is 13.7. The smallest absolute Gasteiger partial charge is 0.338 e. The summed E-state index contributed by atoms with van der Waals surface area (Å²) in [5.74, 6) is 0.667. The van der Waals surface area contributed by atoms with E-state index in [0.717, 1.165) is 16.7 Å². The Morgan fingerprint density at radius 2 is 1.92 bits per heavy atom. The van der Waals surface area contributed by atoms with Gasteiger partial charge in [0.05, 0.1) is 35.6 Å². The van der Waals surface area contributed by atoms with E-state index in [1.807, 2.05) is 43.3 Å². The van der Waals surface area contributed by atoms with E-state index >= 15 is 0 Å². The molecule has 0 N–H and O–H groups in total. The van der Waals surface area contributed by atoms with Crippen LogP contribution < -0.4 is 24.4 Å². The number of methoxy groups -OCH3 is 1. The maximum absolute atomic E-state index is 13.7. The van der Waals surface area contributed by atoms with Crippen molar-refractivity contribution in [2.24, 2.45) is 4.99 Å². The van der Waals surface area contributed by atoms with Crippen LogP contribution in [0.3, 0.4) is 0 Å². The molecule has 1 atom stereocenters. The van der Waals surface area contributed by atoms with Crippen LogP contribution in [0.25, 0.3) is 6.08 Å². The summed E-state index contributed by atoms with van der Waals surface area (Å²) in [6.45, 7) is 9.77. The first-order chi connectivity index (χ1) is 17.4. The molecule has 3 aromatic rings. The first-order valence-corrected chi connectivity index (χ1v) is 12.4. The summed E-state index contributed by atoms with van der Waals surface area (Å²) in [6.07, 6.45) is 3.45. The van der Waals surface area contributed by atoms with Gasteiger partial charge >= 0.3 is 5.97 Å². The molecule has 186 valence electrons. The molecule has 2 aromatic carbocycles. The van der Waals surface area contributed by atoms with Crippen LogP contribution in [0.4, 0.5) is 0 Å². The molecule has 36 heavy (non-hydrogen) atoms. The second kappa shape index (κ2) is 10.8. The van der Waals surface area contributed by atoms with Crippen LogP contribution in [0.15, 0.2) is 76.2 Å². The van der Waals surface area contributed by atoms with E-state index in [9.17, 15) is 9.59 Å². The number of esters is 1. The lowest BCUT2D eigenvalue weighted by atomic mass is 9.95. The van der Waals surface area contributed by atoms with Gasteiger partial charge in [0, 0.05) is 0 Å². The van der Waals surface area contributed by atoms with Crippen molar-refractivity contribution >= 4 is 23.4 Å². The lowest BCUT2D eigenvalue weighted by Gasteiger charge is -2.24. The zero-order valence-corrected chi connectivity index (χ0v) is 21.6. The van der Waals surface area contributed by atoms with Crippen LogP contribution in [0.2, 0.25) is 0 Å². The largest absolute Gasteiger partial charge is 0.493 e. The number of carbonyl (C=O) groups excluding carboxylic acids is 1. The first-order valence-electron chi connectivity index (χ1n) is 11.6. The van der Waals surface area contributed by atoms with Crippen molar-refractivity contribution in [1.82, 2.24) is 4.57 Å². The van der Waals surface area contributed by atoms with Crippen LogP contribution in [-0.4, -0.2) is 30.9 Å². The molecule has 0 fully saturated rings. The van der Waals surface area contributed by atoms with Gasteiger partial charge in [-0.25, -0.2) is 9.79 Å². The molecule has 1 aromatic heterocycles. The van der Waals surface area contributed by atoms with E-state index in [0.29, 0.717) is 38.7 Å². The summed E-state index contributed by atoms with van der Waals surface area (Å²) in [5.41, 5.74) is 3.35. The topological polar surface area (TPSA) is 79.1 Å². The van der Waals surface area contributed by atoms with Gasteiger partial charge in [0.2, 0.25) is 0 Å². The zero-order valence-electron chi connectivity index (χ0n) is 20.7. The number of carbonyl (C=O) groups is 1. The summed E-state index contributed by atoms with van der Waals surface area (Å²) in [5, 5.41) is 0. The molecule has 0 aliphatic carbocycles. The van der Waals surface area contributed by atoms with Crippen molar-refractivity contribution in [2.75, 3.05) is 20.3 Å². The lowest BCUT2D eigenvalue weighted by molar-refractivity contribution is -0.139. The summed E-state index contributed by atoms with van der Waals surface area (Å²) >= 11 is 1.28. The van der Waals surface area contributed by atoms with Crippen LogP contribution in [0, 0.1) is 6.92 Å². The molecule has 0 amide bonds. The Balaban J connectivity index is 1.87. The average Bonchev–Trinajstić information content (AvgIpc) is 3.17. The third-order valence-electron chi connectivity index (χ3n) is 5.75. The number of rotatable bonds is 8. The molecular formula is C28H28N2O5S. The molecule has 1 aliphatic heterocycles. The highest BCUT2D eigenvalue weighted by atomic mass is 32.1. The third kappa shape index (κ3) is 4.90. The molecule has 0 saturated carbocycles. The molecule has 2 heterocycles. The lowest BCUT2D eigenvalue weighted by Crippen LogP contribution is -2.39. The van der Waals surface area contributed by atoms with Crippen LogP contribution in [0.1, 0.15) is 36.6 Å². The summed E-state index contributed by atoms with van der Waals surface area (Å²) in [7, 11) is 1.56. The fourth-order valence-corrected chi connectivity index (χ4v) is 5.10. The van der Waals surface area contributed by atoms with Crippen molar-refractivity contribution in [1.29, 1.82) is 0 Å². The van der Waals surface area contributed by atoms with Gasteiger partial charge < -0.3 is 14.2 Å². The number of thiazole rings is 1. The van der Waals surface area contributed by atoms with Crippen LogP contribution >= 0.6 is 11.3 Å². The van der Waals surface area contributed by atoms with Crippen LogP contribution in [0.5, 0.6) is 11.5 Å². The van der Waals surface area contributed by atoms with E-state index in [1.165, 1.54) is 11.3 Å². The standard InChI is InChI=1S/C28H28N2O5S/c1-6-14-35-21-13-10-19(15-22(21)33-5)16-23-26(31)30-25(20-11-8-17(3)9-12-20)24(27(32)34-7-2)18(4)29-28(30)36-23/h6,8-13,15-16,25H,1,7,14H2,2-5H3. The predicted octanol–water partition coefficient (Wildman–Crippen LogP) is 3.68. The van der Waals surface area contributed by atoms with Gasteiger partial charge in [-0.1, -0.05) is 59.9 Å². The second-order valence-electron chi connectivity index (χ2n) is 8.22. The minimum Gasteiger partial charge on any atom is -0.493 e. The van der Waals surface area contributed by atoms with Crippen molar-refractivity contribution in [3.05, 3.63) is 103 Å². The average molecular weight is 505 g/mol. The number of aryl methyl sites for hydroxylation is 1. The van der Waals surface area contributed by atoms with E-state index in [4.69, 9.17) is 14.2 Å². The van der Waals surface area contributed by atoms with Gasteiger partial charge in [-0.3, -0.25) is 9.36 Å². The number of ether oxygens (including phenoxy) is 3. The van der Waals surface area contributed by atoms with E-state index in [2.05, 4.69) is 11.6 Å². The van der Waals surface area contributed by atoms with Crippen molar-refractivity contribution in [3.63, 3.8) is 0 Å². The predicted molar refractivity (Wildman–Crippen MR) is 140 cm³/mol. The normalized spacial score (nSPS) is 15.2. The first kappa shape index (κ1) is 25.2. The molecule has 0 saturated heterocycles. The van der Waals surface area contributed by atoms with Crippen molar-refractivity contribution in [2.45, 2.75) is 26.8 Å². The highest BCUT2D eigenvalue weighted by molar-refractivity contribution is 7.07. The Labute approximate surface area is 213 Å². The SMILES string of the molecule is C=CCOc1ccc(C=c2sc3n(c2=O)C(c2ccc(C)cc2)C(C(=O)OCC)=C(C)N=3)cc1OC. The zero-order chi connectivity index (χ0) is 25.8. The number of hydrogen-bond acceptors (Lipinski definition) is 7. The Morgan fingerprint density at radius 1 is 1.17 bits per heavy atom. The molecule has 7 nitrogen and oxygen atoms in total. The Bertz CT molecular complexity index is 1510. The third-order valence-corrected chi connectivity index (χ3v) is 6.74. The maximum Gasteiger partial charge on any atom is 0.338 e. The van der Waals surface area contributed by atoms with Gasteiger partial charge in [-0.05, 0) is 50.1 Å². The monoisotopic (exact) mass is 504 g/mol. The minimum atomic E-state index is -0.632. The van der Waals surface area contributed by atoms with E-state index in [-0.39, 0.29) is 12.2 Å². The van der Waals surface area contributed by atoms with Gasteiger partial charge in [-0.15, -0.1) is 0 Å².